The van der Waals surface area contributed by atoms with E-state index in [2.05, 4.69) is 20.3 Å². The first-order valence-electron chi connectivity index (χ1n) is 8.76. The lowest BCUT2D eigenvalue weighted by molar-refractivity contribution is 0.102. The van der Waals surface area contributed by atoms with Gasteiger partial charge in [0.15, 0.2) is 5.13 Å². The second-order valence-electron chi connectivity index (χ2n) is 6.23. The van der Waals surface area contributed by atoms with Gasteiger partial charge in [0.25, 0.3) is 5.91 Å². The molecule has 0 aliphatic heterocycles. The van der Waals surface area contributed by atoms with Crippen LogP contribution in [0.3, 0.4) is 0 Å². The van der Waals surface area contributed by atoms with Crippen molar-refractivity contribution in [2.45, 2.75) is 0 Å². The first-order valence-corrected chi connectivity index (χ1v) is 9.58. The van der Waals surface area contributed by atoms with Gasteiger partial charge in [-0.2, -0.15) is 0 Å². The first-order chi connectivity index (χ1) is 13.8. The maximum atomic E-state index is 13.1. The number of para-hydroxylation sites is 2. The summed E-state index contributed by atoms with van der Waals surface area (Å²) in [5.74, 6) is -0.213. The number of benzene rings is 2. The fraction of sp³-hybridized carbons (Fsp3) is 0. The fourth-order valence-electron chi connectivity index (χ4n) is 3.10. The van der Waals surface area contributed by atoms with Crippen LogP contribution in [0.2, 0.25) is 0 Å². The summed E-state index contributed by atoms with van der Waals surface area (Å²) < 4.78 is 1.03. The van der Waals surface area contributed by atoms with Gasteiger partial charge in [0.2, 0.25) is 0 Å². The molecule has 0 aliphatic rings. The van der Waals surface area contributed by atoms with E-state index in [9.17, 15) is 4.79 Å². The number of hydrogen-bond donors (Lipinski definition) is 1. The lowest BCUT2D eigenvalue weighted by Crippen LogP contribution is -2.13. The number of pyridine rings is 2. The van der Waals surface area contributed by atoms with Gasteiger partial charge in [0.1, 0.15) is 0 Å². The highest BCUT2D eigenvalue weighted by Gasteiger charge is 2.16. The standard InChI is InChI=1S/C22H14N4OS/c27-21(26-22-25-18-10-3-4-11-20(18)28-22)15-13-19(17-9-5-6-12-23-17)24-16-8-2-1-7-14(15)16/h1-13H,(H,25,26,27). The molecule has 0 spiro atoms. The molecule has 0 atom stereocenters. The van der Waals surface area contributed by atoms with Crippen molar-refractivity contribution in [3.8, 4) is 11.4 Å². The zero-order valence-electron chi connectivity index (χ0n) is 14.7. The van der Waals surface area contributed by atoms with E-state index in [0.29, 0.717) is 16.4 Å². The molecule has 28 heavy (non-hydrogen) atoms. The van der Waals surface area contributed by atoms with Crippen molar-refractivity contribution in [3.63, 3.8) is 0 Å². The Morgan fingerprint density at radius 3 is 2.43 bits per heavy atom. The summed E-state index contributed by atoms with van der Waals surface area (Å²) in [4.78, 5) is 26.6. The number of amides is 1. The van der Waals surface area contributed by atoms with Crippen molar-refractivity contribution in [2.24, 2.45) is 0 Å². The number of fused-ring (bicyclic) bond motifs is 2. The molecule has 0 radical (unpaired) electrons. The van der Waals surface area contributed by atoms with Gasteiger partial charge < -0.3 is 0 Å². The van der Waals surface area contributed by atoms with E-state index in [1.165, 1.54) is 11.3 Å². The lowest BCUT2D eigenvalue weighted by atomic mass is 10.1. The largest absolute Gasteiger partial charge is 0.298 e. The Morgan fingerprint density at radius 2 is 1.61 bits per heavy atom. The minimum absolute atomic E-state index is 0.213. The van der Waals surface area contributed by atoms with E-state index < -0.39 is 0 Å². The number of hydrogen-bond acceptors (Lipinski definition) is 5. The molecule has 134 valence electrons. The van der Waals surface area contributed by atoms with Crippen LogP contribution in [0.1, 0.15) is 10.4 Å². The number of carbonyl (C=O) groups excluding carboxylic acids is 1. The minimum atomic E-state index is -0.213. The molecule has 5 rings (SSSR count). The summed E-state index contributed by atoms with van der Waals surface area (Å²) in [6.45, 7) is 0. The van der Waals surface area contributed by atoms with Gasteiger partial charge in [-0.3, -0.25) is 15.1 Å². The maximum absolute atomic E-state index is 13.1. The van der Waals surface area contributed by atoms with Crippen molar-refractivity contribution in [2.75, 3.05) is 5.32 Å². The van der Waals surface area contributed by atoms with Gasteiger partial charge in [-0.1, -0.05) is 47.7 Å². The zero-order chi connectivity index (χ0) is 18.9. The summed E-state index contributed by atoms with van der Waals surface area (Å²) in [7, 11) is 0. The predicted octanol–water partition coefficient (Wildman–Crippen LogP) is 5.16. The second-order valence-corrected chi connectivity index (χ2v) is 7.26. The molecule has 3 aromatic heterocycles. The number of carbonyl (C=O) groups is 1. The number of thiazole rings is 1. The smallest absolute Gasteiger partial charge is 0.258 e. The molecule has 6 heteroatoms. The van der Waals surface area contributed by atoms with Crippen molar-refractivity contribution in [3.05, 3.63) is 84.6 Å². The monoisotopic (exact) mass is 382 g/mol. The van der Waals surface area contributed by atoms with Crippen LogP contribution in [0.25, 0.3) is 32.5 Å². The quantitative estimate of drug-likeness (QED) is 0.468. The Balaban J connectivity index is 1.59. The lowest BCUT2D eigenvalue weighted by Gasteiger charge is -2.09. The number of rotatable bonds is 3. The molecule has 0 fully saturated rings. The molecule has 0 bridgehead atoms. The van der Waals surface area contributed by atoms with Gasteiger partial charge in [-0.05, 0) is 36.4 Å². The number of nitrogens with zero attached hydrogens (tertiary/aromatic N) is 3. The SMILES string of the molecule is O=C(Nc1nc2ccccc2s1)c1cc(-c2ccccn2)nc2ccccc12. The third kappa shape index (κ3) is 3.00. The molecule has 1 amide bonds. The summed E-state index contributed by atoms with van der Waals surface area (Å²) in [5.41, 5.74) is 3.55. The zero-order valence-corrected chi connectivity index (χ0v) is 15.5. The predicted molar refractivity (Wildman–Crippen MR) is 113 cm³/mol. The Bertz CT molecular complexity index is 1280. The highest BCUT2D eigenvalue weighted by molar-refractivity contribution is 7.22. The van der Waals surface area contributed by atoms with E-state index in [-0.39, 0.29) is 5.91 Å². The minimum Gasteiger partial charge on any atom is -0.298 e. The molecule has 5 nitrogen and oxygen atoms in total. The number of nitrogens with one attached hydrogen (secondary N) is 1. The third-order valence-electron chi connectivity index (χ3n) is 4.40. The van der Waals surface area contributed by atoms with Crippen molar-refractivity contribution in [1.82, 2.24) is 15.0 Å². The molecular formula is C22H14N4OS. The molecule has 0 unspecified atom stereocenters. The number of aromatic nitrogens is 3. The normalized spacial score (nSPS) is 11.0. The Labute approximate surface area is 164 Å². The fourth-order valence-corrected chi connectivity index (χ4v) is 3.96. The molecule has 5 aromatic rings. The van der Waals surface area contributed by atoms with Gasteiger partial charge in [-0.15, -0.1) is 0 Å². The third-order valence-corrected chi connectivity index (χ3v) is 5.35. The van der Waals surface area contributed by atoms with Crippen LogP contribution >= 0.6 is 11.3 Å². The van der Waals surface area contributed by atoms with Gasteiger partial charge >= 0.3 is 0 Å². The molecule has 0 saturated heterocycles. The van der Waals surface area contributed by atoms with Gasteiger partial charge in [0, 0.05) is 11.6 Å². The van der Waals surface area contributed by atoms with Crippen LogP contribution < -0.4 is 5.32 Å². The average molecular weight is 382 g/mol. The highest BCUT2D eigenvalue weighted by Crippen LogP contribution is 2.28. The van der Waals surface area contributed by atoms with Crippen LogP contribution in [0, 0.1) is 0 Å². The summed E-state index contributed by atoms with van der Waals surface area (Å²) in [6, 6.07) is 22.8. The van der Waals surface area contributed by atoms with Gasteiger partial charge in [-0.25, -0.2) is 9.97 Å². The Hall–Kier alpha value is -3.64. The Kier molecular flexibility index (Phi) is 4.03. The highest BCUT2D eigenvalue weighted by atomic mass is 32.1. The van der Waals surface area contributed by atoms with Crippen LogP contribution in [0.5, 0.6) is 0 Å². The molecule has 2 aromatic carbocycles. The first kappa shape index (κ1) is 16.5. The Morgan fingerprint density at radius 1 is 0.821 bits per heavy atom. The molecule has 1 N–H and O–H groups in total. The van der Waals surface area contributed by atoms with Gasteiger partial charge in [0.05, 0.1) is 32.7 Å². The molecule has 0 aliphatic carbocycles. The summed E-state index contributed by atoms with van der Waals surface area (Å²) in [5, 5.41) is 4.31. The van der Waals surface area contributed by atoms with Crippen LogP contribution in [0.15, 0.2) is 79.0 Å². The summed E-state index contributed by atoms with van der Waals surface area (Å²) in [6.07, 6.45) is 1.72. The molecule has 0 saturated carbocycles. The summed E-state index contributed by atoms with van der Waals surface area (Å²) >= 11 is 1.46. The van der Waals surface area contributed by atoms with Crippen LogP contribution in [-0.4, -0.2) is 20.9 Å². The number of anilines is 1. The maximum Gasteiger partial charge on any atom is 0.258 e. The molecule has 3 heterocycles. The second kappa shape index (κ2) is 6.83. The van der Waals surface area contributed by atoms with Crippen molar-refractivity contribution in [1.29, 1.82) is 0 Å². The van der Waals surface area contributed by atoms with Crippen molar-refractivity contribution < 1.29 is 4.79 Å². The van der Waals surface area contributed by atoms with Crippen molar-refractivity contribution >= 4 is 43.5 Å². The average Bonchev–Trinajstić information content (AvgIpc) is 3.15. The van der Waals surface area contributed by atoms with E-state index in [0.717, 1.165) is 26.8 Å². The van der Waals surface area contributed by atoms with Crippen LogP contribution in [-0.2, 0) is 0 Å². The van der Waals surface area contributed by atoms with E-state index in [1.807, 2.05) is 66.7 Å². The van der Waals surface area contributed by atoms with E-state index in [1.54, 1.807) is 12.3 Å². The topological polar surface area (TPSA) is 67.8 Å². The van der Waals surface area contributed by atoms with E-state index in [4.69, 9.17) is 0 Å². The molecular weight excluding hydrogens is 368 g/mol. The van der Waals surface area contributed by atoms with Crippen LogP contribution in [0.4, 0.5) is 5.13 Å². The van der Waals surface area contributed by atoms with E-state index >= 15 is 0 Å².